The largest absolute Gasteiger partial charge is 0.464 e. The summed E-state index contributed by atoms with van der Waals surface area (Å²) in [5.41, 5.74) is 2.07. The zero-order chi connectivity index (χ0) is 28.4. The second-order valence-corrected chi connectivity index (χ2v) is 11.0. The third kappa shape index (κ3) is 4.97. The number of carbonyl (C=O) groups is 2. The van der Waals surface area contributed by atoms with Crippen LogP contribution in [0.3, 0.4) is 0 Å². The fourth-order valence-corrected chi connectivity index (χ4v) is 6.64. The van der Waals surface area contributed by atoms with Crippen molar-refractivity contribution in [1.29, 1.82) is 0 Å². The number of hydrogen-bond acceptors (Lipinski definition) is 7. The van der Waals surface area contributed by atoms with Crippen molar-refractivity contribution in [2.45, 2.75) is 50.4 Å². The molecular weight excluding hydrogens is 522 g/mol. The molecule has 0 bridgehead atoms. The molecule has 0 unspecified atom stereocenters. The van der Waals surface area contributed by atoms with Gasteiger partial charge >= 0.3 is 0 Å². The first-order valence-corrected chi connectivity index (χ1v) is 14.5. The number of hydrogen-bond donors (Lipinski definition) is 2. The maximum Gasteiger partial charge on any atom is 0.288 e. The van der Waals surface area contributed by atoms with E-state index in [0.29, 0.717) is 52.0 Å². The Morgan fingerprint density at radius 3 is 2.63 bits per heavy atom. The van der Waals surface area contributed by atoms with Crippen LogP contribution in [0.4, 0.5) is 5.69 Å². The summed E-state index contributed by atoms with van der Waals surface area (Å²) >= 11 is 0. The highest BCUT2D eigenvalue weighted by Gasteiger charge is 2.51. The average Bonchev–Trinajstić information content (AvgIpc) is 3.58. The molecule has 0 saturated carbocycles. The molecule has 216 valence electrons. The topological polar surface area (TPSA) is 104 Å². The van der Waals surface area contributed by atoms with E-state index in [0.717, 1.165) is 22.2 Å². The standard InChI is InChI=1S/C32H37N3O6/c1-2-39-30-24(12-8-18-36)25(26-20-40-27-13-7-6-11-23(26)27)19-28(41-30)29(37)34-16-14-32(15-17-34)31(38)33-21-35(32)22-9-4-3-5-10-22/h3-7,9-11,13,19-20,24-25,30,36H,2,8,12,14-18,21H2,1H3,(H,33,38)/t24-,25-,30+/m1/s1. The number of furan rings is 1. The molecule has 2 fully saturated rings. The molecule has 3 aliphatic heterocycles. The first-order chi connectivity index (χ1) is 20.1. The van der Waals surface area contributed by atoms with Crippen LogP contribution in [0.25, 0.3) is 11.0 Å². The van der Waals surface area contributed by atoms with Gasteiger partial charge in [0.25, 0.3) is 5.91 Å². The first kappa shape index (κ1) is 27.4. The molecule has 2 aromatic carbocycles. The minimum Gasteiger partial charge on any atom is -0.464 e. The van der Waals surface area contributed by atoms with Gasteiger partial charge in [0.2, 0.25) is 12.2 Å². The van der Waals surface area contributed by atoms with Gasteiger partial charge in [-0.15, -0.1) is 0 Å². The molecule has 9 heteroatoms. The summed E-state index contributed by atoms with van der Waals surface area (Å²) < 4.78 is 18.2. The molecule has 2 N–H and O–H groups in total. The molecule has 0 radical (unpaired) electrons. The van der Waals surface area contributed by atoms with E-state index in [9.17, 15) is 14.7 Å². The van der Waals surface area contributed by atoms with Crippen LogP contribution in [0.5, 0.6) is 0 Å². The molecule has 2 amide bonds. The van der Waals surface area contributed by atoms with Crippen molar-refractivity contribution in [1.82, 2.24) is 10.2 Å². The lowest BCUT2D eigenvalue weighted by molar-refractivity contribution is -0.171. The number of aliphatic hydroxyl groups is 1. The van der Waals surface area contributed by atoms with Crippen LogP contribution in [0, 0.1) is 5.92 Å². The lowest BCUT2D eigenvalue weighted by Crippen LogP contribution is -2.57. The fourth-order valence-electron chi connectivity index (χ4n) is 6.64. The zero-order valence-corrected chi connectivity index (χ0v) is 23.3. The average molecular weight is 560 g/mol. The van der Waals surface area contributed by atoms with Crippen LogP contribution in [0.2, 0.25) is 0 Å². The lowest BCUT2D eigenvalue weighted by Gasteiger charge is -2.44. The SMILES string of the molecule is CCO[C@H]1OC(C(=O)N2CCC3(CC2)C(=O)NCN3c2ccccc2)=C[C@@H](c2coc3ccccc23)[C@H]1CCCO. The summed E-state index contributed by atoms with van der Waals surface area (Å²) in [6.45, 7) is 3.72. The number of nitrogens with one attached hydrogen (secondary N) is 1. The van der Waals surface area contributed by atoms with E-state index in [4.69, 9.17) is 13.9 Å². The number of likely N-dealkylation sites (tertiary alicyclic amines) is 1. The Hall–Kier alpha value is -3.82. The number of allylic oxidation sites excluding steroid dienone is 1. The highest BCUT2D eigenvalue weighted by Crippen LogP contribution is 2.43. The van der Waals surface area contributed by atoms with Gasteiger partial charge in [0, 0.05) is 54.8 Å². The van der Waals surface area contributed by atoms with Crippen LogP contribution < -0.4 is 10.2 Å². The number of nitrogens with zero attached hydrogens (tertiary/aromatic N) is 2. The van der Waals surface area contributed by atoms with E-state index < -0.39 is 11.8 Å². The Labute approximate surface area is 239 Å². The van der Waals surface area contributed by atoms with Crippen molar-refractivity contribution in [3.63, 3.8) is 0 Å². The van der Waals surface area contributed by atoms with Crippen molar-refractivity contribution < 1.29 is 28.6 Å². The second-order valence-electron chi connectivity index (χ2n) is 11.0. The van der Waals surface area contributed by atoms with Gasteiger partial charge in [0.05, 0.1) is 12.9 Å². The van der Waals surface area contributed by atoms with Crippen molar-refractivity contribution in [2.24, 2.45) is 5.92 Å². The smallest absolute Gasteiger partial charge is 0.288 e. The Kier molecular flexibility index (Phi) is 7.73. The van der Waals surface area contributed by atoms with E-state index in [2.05, 4.69) is 10.2 Å². The molecule has 41 heavy (non-hydrogen) atoms. The number of fused-ring (bicyclic) bond motifs is 1. The van der Waals surface area contributed by atoms with Crippen LogP contribution in [0.1, 0.15) is 44.1 Å². The van der Waals surface area contributed by atoms with E-state index in [1.54, 1.807) is 11.2 Å². The van der Waals surface area contributed by atoms with Crippen LogP contribution >= 0.6 is 0 Å². The van der Waals surface area contributed by atoms with Crippen molar-refractivity contribution in [2.75, 3.05) is 37.9 Å². The lowest BCUT2D eigenvalue weighted by atomic mass is 9.80. The molecule has 1 aromatic heterocycles. The number of aliphatic hydroxyl groups excluding tert-OH is 1. The fraction of sp³-hybridized carbons (Fsp3) is 0.438. The van der Waals surface area contributed by atoms with Gasteiger partial charge in [-0.1, -0.05) is 36.4 Å². The van der Waals surface area contributed by atoms with E-state index in [-0.39, 0.29) is 36.0 Å². The summed E-state index contributed by atoms with van der Waals surface area (Å²) in [5, 5.41) is 13.6. The molecule has 0 aliphatic carbocycles. The molecule has 1 spiro atoms. The van der Waals surface area contributed by atoms with Gasteiger partial charge in [0.1, 0.15) is 11.1 Å². The highest BCUT2D eigenvalue weighted by molar-refractivity contribution is 5.95. The monoisotopic (exact) mass is 559 g/mol. The van der Waals surface area contributed by atoms with Gasteiger partial charge < -0.3 is 34.1 Å². The number of ether oxygens (including phenoxy) is 2. The third-order valence-electron chi connectivity index (χ3n) is 8.77. The van der Waals surface area contributed by atoms with Crippen LogP contribution in [-0.2, 0) is 19.1 Å². The number of piperidine rings is 1. The minimum absolute atomic E-state index is 0.0108. The number of para-hydroxylation sites is 2. The quantitative estimate of drug-likeness (QED) is 0.428. The maximum absolute atomic E-state index is 13.9. The van der Waals surface area contributed by atoms with Gasteiger partial charge in [0.15, 0.2) is 5.76 Å². The van der Waals surface area contributed by atoms with Gasteiger partial charge in [-0.2, -0.15) is 0 Å². The summed E-state index contributed by atoms with van der Waals surface area (Å²) in [5.74, 6) is -0.236. The van der Waals surface area contributed by atoms with E-state index in [1.165, 1.54) is 0 Å². The van der Waals surface area contributed by atoms with Gasteiger partial charge in [-0.3, -0.25) is 9.59 Å². The Morgan fingerprint density at radius 2 is 1.88 bits per heavy atom. The maximum atomic E-state index is 13.9. The molecule has 3 aromatic rings. The molecule has 6 rings (SSSR count). The molecule has 3 aliphatic rings. The summed E-state index contributed by atoms with van der Waals surface area (Å²) in [6, 6.07) is 17.8. The Morgan fingerprint density at radius 1 is 1.12 bits per heavy atom. The Bertz CT molecular complexity index is 1410. The van der Waals surface area contributed by atoms with Gasteiger partial charge in [-0.25, -0.2) is 0 Å². The summed E-state index contributed by atoms with van der Waals surface area (Å²) in [4.78, 5) is 30.9. The van der Waals surface area contributed by atoms with E-state index >= 15 is 0 Å². The Balaban J connectivity index is 1.27. The molecule has 9 nitrogen and oxygen atoms in total. The van der Waals surface area contributed by atoms with E-state index in [1.807, 2.05) is 67.6 Å². The second kappa shape index (κ2) is 11.6. The number of anilines is 1. The van der Waals surface area contributed by atoms with Crippen molar-refractivity contribution in [3.05, 3.63) is 78.3 Å². The molecule has 3 atom stereocenters. The summed E-state index contributed by atoms with van der Waals surface area (Å²) in [6.07, 6.45) is 5.33. The highest BCUT2D eigenvalue weighted by atomic mass is 16.7. The van der Waals surface area contributed by atoms with Crippen molar-refractivity contribution >= 4 is 28.5 Å². The van der Waals surface area contributed by atoms with Crippen LogP contribution in [0.15, 0.2) is 77.1 Å². The summed E-state index contributed by atoms with van der Waals surface area (Å²) in [7, 11) is 0. The molecular formula is C32H37N3O6. The predicted octanol–water partition coefficient (Wildman–Crippen LogP) is 4.14. The number of rotatable bonds is 8. The number of amides is 2. The number of carbonyl (C=O) groups excluding carboxylic acids is 2. The normalized spacial score (nSPS) is 23.9. The molecule has 4 heterocycles. The predicted molar refractivity (Wildman–Crippen MR) is 154 cm³/mol. The zero-order valence-electron chi connectivity index (χ0n) is 23.3. The third-order valence-corrected chi connectivity index (χ3v) is 8.77. The van der Waals surface area contributed by atoms with Crippen LogP contribution in [-0.4, -0.2) is 66.6 Å². The molecule has 2 saturated heterocycles. The number of benzene rings is 2. The van der Waals surface area contributed by atoms with Crippen molar-refractivity contribution in [3.8, 4) is 0 Å². The van der Waals surface area contributed by atoms with Gasteiger partial charge in [-0.05, 0) is 56.9 Å². The first-order valence-electron chi connectivity index (χ1n) is 14.5. The minimum atomic E-state index is -0.679.